The Morgan fingerprint density at radius 1 is 1.30 bits per heavy atom. The summed E-state index contributed by atoms with van der Waals surface area (Å²) in [6, 6.07) is 6.02. The zero-order chi connectivity index (χ0) is 15.0. The minimum Gasteiger partial charge on any atom is -0.462 e. The lowest BCUT2D eigenvalue weighted by Crippen LogP contribution is -2.19. The van der Waals surface area contributed by atoms with Gasteiger partial charge in [-0.2, -0.15) is 0 Å². The van der Waals surface area contributed by atoms with E-state index in [4.69, 9.17) is 4.74 Å². The van der Waals surface area contributed by atoms with Gasteiger partial charge in [-0.15, -0.1) is 0 Å². The number of halogens is 1. The fourth-order valence-corrected chi connectivity index (χ4v) is 1.74. The molecule has 0 amide bonds. The second kappa shape index (κ2) is 8.15. The van der Waals surface area contributed by atoms with Crippen LogP contribution in [-0.4, -0.2) is 12.6 Å². The van der Waals surface area contributed by atoms with Crippen LogP contribution in [0.2, 0.25) is 0 Å². The fourth-order valence-electron chi connectivity index (χ4n) is 1.74. The quantitative estimate of drug-likeness (QED) is 0.859. The first-order valence-electron chi connectivity index (χ1n) is 6.77. The fraction of sp³-hybridized carbons (Fsp3) is 0.312. The Hall–Kier alpha value is -2.10. The number of hydrogen-bond acceptors (Lipinski definition) is 3. The van der Waals surface area contributed by atoms with Gasteiger partial charge in [0.1, 0.15) is 5.82 Å². The number of ether oxygens (including phenoxy) is 1. The molecule has 1 aliphatic rings. The molecule has 1 aromatic rings. The maximum atomic E-state index is 12.8. The monoisotopic (exact) mass is 277 g/mol. The van der Waals surface area contributed by atoms with Gasteiger partial charge in [-0.3, -0.25) is 0 Å². The minimum absolute atomic E-state index is 0.144. The van der Waals surface area contributed by atoms with Gasteiger partial charge >= 0.3 is 5.97 Å². The van der Waals surface area contributed by atoms with E-state index >= 15 is 0 Å². The summed E-state index contributed by atoms with van der Waals surface area (Å²) in [5.74, 6) is -0.623. The van der Waals surface area contributed by atoms with Crippen LogP contribution in [0.3, 0.4) is 0 Å². The largest absolute Gasteiger partial charge is 0.462 e. The normalized spacial score (nSPS) is 16.4. The van der Waals surface area contributed by atoms with Crippen molar-refractivity contribution in [2.45, 2.75) is 26.8 Å². The van der Waals surface area contributed by atoms with Gasteiger partial charge in [0, 0.05) is 0 Å². The van der Waals surface area contributed by atoms with Gasteiger partial charge < -0.3 is 10.1 Å². The van der Waals surface area contributed by atoms with Gasteiger partial charge in [0.25, 0.3) is 0 Å². The van der Waals surface area contributed by atoms with Crippen molar-refractivity contribution < 1.29 is 13.9 Å². The molecule has 1 aromatic carbocycles. The number of esters is 1. The second-order valence-electron chi connectivity index (χ2n) is 3.87. The Kier molecular flexibility index (Phi) is 6.50. The summed E-state index contributed by atoms with van der Waals surface area (Å²) in [6.45, 7) is 6.11. The molecule has 3 nitrogen and oxygen atoms in total. The number of carbonyl (C=O) groups excluding carboxylic acids is 1. The third kappa shape index (κ3) is 4.23. The van der Waals surface area contributed by atoms with Crippen LogP contribution in [0.5, 0.6) is 0 Å². The first-order chi connectivity index (χ1) is 9.70. The van der Waals surface area contributed by atoms with E-state index in [1.165, 1.54) is 12.1 Å². The number of rotatable bonds is 3. The lowest BCUT2D eigenvalue weighted by Gasteiger charge is -2.18. The lowest BCUT2D eigenvalue weighted by atomic mass is 10.0. The summed E-state index contributed by atoms with van der Waals surface area (Å²) in [5.41, 5.74) is 1.40. The molecule has 0 spiro atoms. The van der Waals surface area contributed by atoms with Crippen LogP contribution in [0.1, 0.15) is 32.4 Å². The number of hydrogen-bond donors (Lipinski definition) is 1. The third-order valence-electron chi connectivity index (χ3n) is 2.63. The molecule has 108 valence electrons. The zero-order valence-corrected chi connectivity index (χ0v) is 12.0. The van der Waals surface area contributed by atoms with E-state index in [-0.39, 0.29) is 17.8 Å². The van der Waals surface area contributed by atoms with Crippen LogP contribution in [0, 0.1) is 5.82 Å². The van der Waals surface area contributed by atoms with Crippen LogP contribution in [0.15, 0.2) is 48.2 Å². The van der Waals surface area contributed by atoms with Gasteiger partial charge in [0.2, 0.25) is 0 Å². The van der Waals surface area contributed by atoms with E-state index in [0.29, 0.717) is 12.2 Å². The van der Waals surface area contributed by atoms with Crippen molar-refractivity contribution in [2.75, 3.05) is 6.61 Å². The minimum atomic E-state index is -0.345. The number of dihydropyridines is 1. The molecule has 1 atom stereocenters. The van der Waals surface area contributed by atoms with Gasteiger partial charge in [-0.25, -0.2) is 9.18 Å². The Morgan fingerprint density at radius 2 is 1.95 bits per heavy atom. The molecule has 0 radical (unpaired) electrons. The highest BCUT2D eigenvalue weighted by molar-refractivity contribution is 5.91. The molecule has 1 N–H and O–H groups in total. The SMILES string of the molecule is CC.CCOC(=O)C1=CC(c2ccc(F)cc2)NC=C1. The van der Waals surface area contributed by atoms with Crippen LogP contribution in [0.4, 0.5) is 4.39 Å². The highest BCUT2D eigenvalue weighted by Crippen LogP contribution is 2.20. The van der Waals surface area contributed by atoms with Crippen molar-refractivity contribution in [1.82, 2.24) is 5.32 Å². The standard InChI is InChI=1S/C14H14FNO2.C2H6/c1-2-18-14(17)11-7-8-16-13(9-11)10-3-5-12(15)6-4-10;1-2/h3-9,13,16H,2H2,1H3;1-2H3. The van der Waals surface area contributed by atoms with E-state index in [0.717, 1.165) is 5.56 Å². The van der Waals surface area contributed by atoms with E-state index in [1.807, 2.05) is 13.8 Å². The molecule has 1 unspecified atom stereocenters. The Morgan fingerprint density at radius 3 is 2.55 bits per heavy atom. The molecular formula is C16H20FNO2. The second-order valence-corrected chi connectivity index (χ2v) is 3.87. The van der Waals surface area contributed by atoms with Gasteiger partial charge in [-0.05, 0) is 43.0 Å². The van der Waals surface area contributed by atoms with Crippen molar-refractivity contribution in [3.63, 3.8) is 0 Å². The molecule has 0 bridgehead atoms. The van der Waals surface area contributed by atoms with E-state index in [9.17, 15) is 9.18 Å². The summed E-state index contributed by atoms with van der Waals surface area (Å²) in [6.07, 6.45) is 5.13. The van der Waals surface area contributed by atoms with E-state index < -0.39 is 0 Å². The van der Waals surface area contributed by atoms with Crippen molar-refractivity contribution >= 4 is 5.97 Å². The average Bonchev–Trinajstić information content (AvgIpc) is 2.50. The highest BCUT2D eigenvalue weighted by Gasteiger charge is 2.16. The third-order valence-corrected chi connectivity index (χ3v) is 2.63. The van der Waals surface area contributed by atoms with Crippen molar-refractivity contribution in [2.24, 2.45) is 0 Å². The molecule has 2 rings (SSSR count). The summed E-state index contributed by atoms with van der Waals surface area (Å²) >= 11 is 0. The van der Waals surface area contributed by atoms with Gasteiger partial charge in [0.05, 0.1) is 18.2 Å². The van der Waals surface area contributed by atoms with Crippen molar-refractivity contribution in [3.05, 3.63) is 59.6 Å². The van der Waals surface area contributed by atoms with E-state index in [1.54, 1.807) is 37.4 Å². The number of carbonyl (C=O) groups is 1. The molecule has 0 aromatic heterocycles. The number of benzene rings is 1. The predicted molar refractivity (Wildman–Crippen MR) is 77.5 cm³/mol. The van der Waals surface area contributed by atoms with Crippen molar-refractivity contribution in [1.29, 1.82) is 0 Å². The molecular weight excluding hydrogens is 257 g/mol. The molecule has 0 fully saturated rings. The number of nitrogens with one attached hydrogen (secondary N) is 1. The summed E-state index contributed by atoms with van der Waals surface area (Å²) < 4.78 is 17.8. The average molecular weight is 277 g/mol. The molecule has 4 heteroatoms. The Labute approximate surface area is 119 Å². The first-order valence-corrected chi connectivity index (χ1v) is 6.77. The van der Waals surface area contributed by atoms with Gasteiger partial charge in [0.15, 0.2) is 0 Å². The molecule has 0 saturated carbocycles. The van der Waals surface area contributed by atoms with Crippen LogP contribution >= 0.6 is 0 Å². The highest BCUT2D eigenvalue weighted by atomic mass is 19.1. The molecule has 1 heterocycles. The van der Waals surface area contributed by atoms with Crippen molar-refractivity contribution in [3.8, 4) is 0 Å². The Bertz CT molecular complexity index is 492. The van der Waals surface area contributed by atoms with Crippen LogP contribution in [-0.2, 0) is 9.53 Å². The first kappa shape index (κ1) is 16.0. The predicted octanol–water partition coefficient (Wildman–Crippen LogP) is 3.50. The topological polar surface area (TPSA) is 38.3 Å². The smallest absolute Gasteiger partial charge is 0.337 e. The maximum Gasteiger partial charge on any atom is 0.337 e. The molecule has 0 saturated heterocycles. The van der Waals surface area contributed by atoms with Gasteiger partial charge in [-0.1, -0.05) is 26.0 Å². The maximum absolute atomic E-state index is 12.8. The molecule has 0 aliphatic carbocycles. The van der Waals surface area contributed by atoms with Crippen LogP contribution in [0.25, 0.3) is 0 Å². The molecule has 1 aliphatic heterocycles. The summed E-state index contributed by atoms with van der Waals surface area (Å²) in [5, 5.41) is 3.09. The molecule has 20 heavy (non-hydrogen) atoms. The van der Waals surface area contributed by atoms with Crippen LogP contribution < -0.4 is 5.32 Å². The zero-order valence-electron chi connectivity index (χ0n) is 12.0. The summed E-state index contributed by atoms with van der Waals surface area (Å²) in [7, 11) is 0. The van der Waals surface area contributed by atoms with E-state index in [2.05, 4.69) is 5.32 Å². The lowest BCUT2D eigenvalue weighted by molar-refractivity contribution is -0.138. The summed E-state index contributed by atoms with van der Waals surface area (Å²) in [4.78, 5) is 11.6. The Balaban J connectivity index is 0.000000956.